The van der Waals surface area contributed by atoms with Crippen LogP contribution in [0.15, 0.2) is 18.2 Å². The predicted molar refractivity (Wildman–Crippen MR) is 55.0 cm³/mol. The fraction of sp³-hybridized carbons (Fsp3) is 0.455. The Bertz CT molecular complexity index is 406. The molecule has 17 heavy (non-hydrogen) atoms. The number of halogens is 3. The van der Waals surface area contributed by atoms with Crippen molar-refractivity contribution >= 4 is 0 Å². The molecule has 1 heterocycles. The molecule has 0 bridgehead atoms. The van der Waals surface area contributed by atoms with Gasteiger partial charge in [-0.25, -0.2) is 0 Å². The molecule has 0 unspecified atom stereocenters. The van der Waals surface area contributed by atoms with Crippen LogP contribution in [-0.2, 0) is 6.54 Å². The fourth-order valence-electron chi connectivity index (χ4n) is 1.71. The van der Waals surface area contributed by atoms with Crippen molar-refractivity contribution in [3.8, 4) is 11.5 Å². The Balaban J connectivity index is 1.99. The summed E-state index contributed by atoms with van der Waals surface area (Å²) >= 11 is 0. The Morgan fingerprint density at radius 1 is 1.24 bits per heavy atom. The number of hydrogen-bond donors (Lipinski definition) is 0. The smallest absolute Gasteiger partial charge is 0.401 e. The summed E-state index contributed by atoms with van der Waals surface area (Å²) in [4.78, 5) is 1.21. The molecule has 0 fully saturated rings. The molecule has 0 atom stereocenters. The number of fused-ring (bicyclic) bond motifs is 1. The molecule has 0 aromatic heterocycles. The van der Waals surface area contributed by atoms with Crippen LogP contribution in [0.25, 0.3) is 0 Å². The van der Waals surface area contributed by atoms with Gasteiger partial charge in [-0.15, -0.1) is 0 Å². The number of alkyl halides is 3. The minimum absolute atomic E-state index is 0.164. The van der Waals surface area contributed by atoms with Crippen molar-refractivity contribution in [2.24, 2.45) is 0 Å². The molecule has 0 saturated carbocycles. The van der Waals surface area contributed by atoms with Gasteiger partial charge in [0.2, 0.25) is 6.79 Å². The van der Waals surface area contributed by atoms with Crippen LogP contribution in [0.4, 0.5) is 13.2 Å². The molecule has 3 nitrogen and oxygen atoms in total. The van der Waals surface area contributed by atoms with Crippen molar-refractivity contribution < 1.29 is 22.6 Å². The second-order valence-electron chi connectivity index (χ2n) is 3.98. The molecular formula is C11H12F3NO2. The minimum atomic E-state index is -4.18. The van der Waals surface area contributed by atoms with E-state index in [4.69, 9.17) is 9.47 Å². The highest BCUT2D eigenvalue weighted by molar-refractivity contribution is 5.44. The first-order chi connectivity index (χ1) is 7.94. The van der Waals surface area contributed by atoms with Crippen LogP contribution in [0.3, 0.4) is 0 Å². The van der Waals surface area contributed by atoms with Crippen LogP contribution in [0.1, 0.15) is 5.56 Å². The van der Waals surface area contributed by atoms with Crippen molar-refractivity contribution in [1.29, 1.82) is 0 Å². The second kappa shape index (κ2) is 4.44. The lowest BCUT2D eigenvalue weighted by atomic mass is 10.2. The highest BCUT2D eigenvalue weighted by Gasteiger charge is 2.29. The summed E-state index contributed by atoms with van der Waals surface area (Å²) < 4.78 is 46.7. The molecule has 1 aromatic carbocycles. The second-order valence-corrected chi connectivity index (χ2v) is 3.98. The average molecular weight is 247 g/mol. The van der Waals surface area contributed by atoms with Crippen molar-refractivity contribution in [2.45, 2.75) is 12.7 Å². The van der Waals surface area contributed by atoms with E-state index in [1.165, 1.54) is 11.9 Å². The van der Waals surface area contributed by atoms with Crippen molar-refractivity contribution in [3.63, 3.8) is 0 Å². The number of benzene rings is 1. The van der Waals surface area contributed by atoms with Crippen LogP contribution in [0.5, 0.6) is 11.5 Å². The Kier molecular flexibility index (Phi) is 3.15. The third-order valence-electron chi connectivity index (χ3n) is 2.34. The van der Waals surface area contributed by atoms with Gasteiger partial charge in [0.05, 0.1) is 6.54 Å². The Labute approximate surface area is 96.7 Å². The zero-order chi connectivity index (χ0) is 12.5. The molecule has 1 aliphatic heterocycles. The first kappa shape index (κ1) is 12.0. The molecule has 6 heteroatoms. The Morgan fingerprint density at radius 2 is 1.94 bits per heavy atom. The van der Waals surface area contributed by atoms with Gasteiger partial charge in [-0.2, -0.15) is 13.2 Å². The minimum Gasteiger partial charge on any atom is -0.454 e. The van der Waals surface area contributed by atoms with Gasteiger partial charge in [-0.3, -0.25) is 4.90 Å². The van der Waals surface area contributed by atoms with Crippen LogP contribution in [0, 0.1) is 0 Å². The molecule has 2 rings (SSSR count). The predicted octanol–water partition coefficient (Wildman–Crippen LogP) is 2.41. The SMILES string of the molecule is CN(Cc1ccc2c(c1)OCO2)CC(F)(F)F. The molecule has 0 N–H and O–H groups in total. The van der Waals surface area contributed by atoms with Crippen LogP contribution >= 0.6 is 0 Å². The summed E-state index contributed by atoms with van der Waals surface area (Å²) in [5.41, 5.74) is 0.765. The van der Waals surface area contributed by atoms with E-state index in [-0.39, 0.29) is 13.3 Å². The van der Waals surface area contributed by atoms with Gasteiger partial charge in [0, 0.05) is 6.54 Å². The van der Waals surface area contributed by atoms with Crippen molar-refractivity contribution in [1.82, 2.24) is 4.90 Å². The molecule has 94 valence electrons. The van der Waals surface area contributed by atoms with E-state index in [1.807, 2.05) is 0 Å². The van der Waals surface area contributed by atoms with Gasteiger partial charge in [0.1, 0.15) is 0 Å². The largest absolute Gasteiger partial charge is 0.454 e. The highest BCUT2D eigenvalue weighted by Crippen LogP contribution is 2.32. The normalized spacial score (nSPS) is 14.4. The van der Waals surface area contributed by atoms with Crippen molar-refractivity contribution in [2.75, 3.05) is 20.4 Å². The van der Waals surface area contributed by atoms with Crippen molar-refractivity contribution in [3.05, 3.63) is 23.8 Å². The first-order valence-corrected chi connectivity index (χ1v) is 5.08. The van der Waals surface area contributed by atoms with E-state index < -0.39 is 12.7 Å². The van der Waals surface area contributed by atoms with Gasteiger partial charge in [-0.05, 0) is 24.7 Å². The summed E-state index contributed by atoms with van der Waals surface area (Å²) in [6, 6.07) is 5.15. The van der Waals surface area contributed by atoms with Crippen LogP contribution in [-0.4, -0.2) is 31.5 Å². The monoisotopic (exact) mass is 247 g/mol. The van der Waals surface area contributed by atoms with Gasteiger partial charge in [-0.1, -0.05) is 6.07 Å². The first-order valence-electron chi connectivity index (χ1n) is 5.08. The molecule has 1 aromatic rings. The number of hydrogen-bond acceptors (Lipinski definition) is 3. The molecule has 0 spiro atoms. The molecule has 1 aliphatic rings. The number of ether oxygens (including phenoxy) is 2. The number of nitrogens with zero attached hydrogens (tertiary/aromatic N) is 1. The molecule has 0 radical (unpaired) electrons. The third-order valence-corrected chi connectivity index (χ3v) is 2.34. The van der Waals surface area contributed by atoms with Gasteiger partial charge >= 0.3 is 6.18 Å². The summed E-state index contributed by atoms with van der Waals surface area (Å²) in [7, 11) is 1.43. The lowest BCUT2D eigenvalue weighted by Gasteiger charge is -2.18. The lowest BCUT2D eigenvalue weighted by Crippen LogP contribution is -2.30. The van der Waals surface area contributed by atoms with Gasteiger partial charge < -0.3 is 9.47 Å². The van der Waals surface area contributed by atoms with Gasteiger partial charge in [0.15, 0.2) is 11.5 Å². The molecule has 0 amide bonds. The summed E-state index contributed by atoms with van der Waals surface area (Å²) in [5, 5.41) is 0. The van der Waals surface area contributed by atoms with Gasteiger partial charge in [0.25, 0.3) is 0 Å². The molecular weight excluding hydrogens is 235 g/mol. The Hall–Kier alpha value is -1.43. The maximum atomic E-state index is 12.1. The maximum Gasteiger partial charge on any atom is 0.401 e. The third kappa shape index (κ3) is 3.26. The van der Waals surface area contributed by atoms with Crippen LogP contribution < -0.4 is 9.47 Å². The maximum absolute atomic E-state index is 12.1. The van der Waals surface area contributed by atoms with E-state index >= 15 is 0 Å². The quantitative estimate of drug-likeness (QED) is 0.818. The lowest BCUT2D eigenvalue weighted by molar-refractivity contribution is -0.144. The van der Waals surface area contributed by atoms with E-state index in [0.29, 0.717) is 11.5 Å². The summed E-state index contributed by atoms with van der Waals surface area (Å²) in [6.07, 6.45) is -4.18. The fourth-order valence-corrected chi connectivity index (χ4v) is 1.71. The van der Waals surface area contributed by atoms with E-state index in [9.17, 15) is 13.2 Å². The summed E-state index contributed by atoms with van der Waals surface area (Å²) in [5.74, 6) is 1.22. The zero-order valence-corrected chi connectivity index (χ0v) is 9.25. The highest BCUT2D eigenvalue weighted by atomic mass is 19.4. The standard InChI is InChI=1S/C11H12F3NO2/c1-15(6-11(12,13)14)5-8-2-3-9-10(4-8)17-7-16-9/h2-4H,5-7H2,1H3. The topological polar surface area (TPSA) is 21.7 Å². The molecule has 0 aliphatic carbocycles. The van der Waals surface area contributed by atoms with Crippen LogP contribution in [0.2, 0.25) is 0 Å². The average Bonchev–Trinajstić information content (AvgIpc) is 2.61. The molecule has 0 saturated heterocycles. The number of rotatable bonds is 3. The zero-order valence-electron chi connectivity index (χ0n) is 9.25. The Morgan fingerprint density at radius 3 is 2.65 bits per heavy atom. The van der Waals surface area contributed by atoms with E-state index in [1.54, 1.807) is 18.2 Å². The summed E-state index contributed by atoms with van der Waals surface area (Å²) in [6.45, 7) is -0.547. The van der Waals surface area contributed by atoms with E-state index in [2.05, 4.69) is 0 Å². The van der Waals surface area contributed by atoms with E-state index in [0.717, 1.165) is 5.56 Å².